The maximum absolute atomic E-state index is 10.2. The van der Waals surface area contributed by atoms with Gasteiger partial charge in [0.2, 0.25) is 5.91 Å². The number of nitrogens with two attached hydrogens (primary N) is 1. The fourth-order valence-corrected chi connectivity index (χ4v) is 0.718. The average molecular weight is 160 g/mol. The summed E-state index contributed by atoms with van der Waals surface area (Å²) in [5.41, 5.74) is 4.86. The van der Waals surface area contributed by atoms with Gasteiger partial charge in [-0.05, 0) is 12.8 Å². The van der Waals surface area contributed by atoms with E-state index in [9.17, 15) is 4.79 Å². The molecule has 66 valence electrons. The van der Waals surface area contributed by atoms with Crippen molar-refractivity contribution in [2.45, 2.75) is 32.4 Å². The summed E-state index contributed by atoms with van der Waals surface area (Å²) in [5, 5.41) is 11.7. The zero-order valence-corrected chi connectivity index (χ0v) is 6.84. The van der Waals surface area contributed by atoms with E-state index in [2.05, 4.69) is 5.32 Å². The Bertz CT molecular complexity index is 117. The summed E-state index contributed by atoms with van der Waals surface area (Å²) >= 11 is 0. The van der Waals surface area contributed by atoms with E-state index in [4.69, 9.17) is 10.8 Å². The van der Waals surface area contributed by atoms with Crippen LogP contribution in [-0.2, 0) is 4.79 Å². The lowest BCUT2D eigenvalue weighted by atomic mass is 10.2. The number of amides is 1. The molecule has 4 heteroatoms. The number of hydrogen-bond donors (Lipinski definition) is 3. The molecule has 0 saturated carbocycles. The monoisotopic (exact) mass is 160 g/mol. The van der Waals surface area contributed by atoms with E-state index in [0.29, 0.717) is 6.42 Å². The summed E-state index contributed by atoms with van der Waals surface area (Å²) in [4.78, 5) is 10.2. The van der Waals surface area contributed by atoms with E-state index in [1.54, 1.807) is 0 Å². The lowest BCUT2D eigenvalue weighted by Gasteiger charge is -2.09. The van der Waals surface area contributed by atoms with Crippen molar-refractivity contribution in [1.82, 2.24) is 5.32 Å². The van der Waals surface area contributed by atoms with Crippen LogP contribution >= 0.6 is 0 Å². The highest BCUT2D eigenvalue weighted by Crippen LogP contribution is 1.96. The summed E-state index contributed by atoms with van der Waals surface area (Å²) in [6.07, 6.45) is 2.06. The quantitative estimate of drug-likeness (QED) is 0.461. The Labute approximate surface area is 66.8 Å². The molecule has 0 fully saturated rings. The number of rotatable bonds is 6. The maximum Gasteiger partial charge on any atom is 0.231 e. The van der Waals surface area contributed by atoms with Gasteiger partial charge in [-0.1, -0.05) is 13.3 Å². The normalized spacial score (nSPS) is 12.9. The van der Waals surface area contributed by atoms with Crippen molar-refractivity contribution in [1.29, 1.82) is 0 Å². The third kappa shape index (κ3) is 7.29. The van der Waals surface area contributed by atoms with Gasteiger partial charge in [0.25, 0.3) is 0 Å². The van der Waals surface area contributed by atoms with Crippen LogP contribution in [0.25, 0.3) is 0 Å². The summed E-state index contributed by atoms with van der Waals surface area (Å²) in [6.45, 7) is 2.09. The van der Waals surface area contributed by atoms with Crippen molar-refractivity contribution in [3.8, 4) is 0 Å². The Morgan fingerprint density at radius 1 is 1.73 bits per heavy atom. The average Bonchev–Trinajstić information content (AvgIpc) is 1.97. The first-order chi connectivity index (χ1) is 5.16. The molecule has 1 unspecified atom stereocenters. The maximum atomic E-state index is 10.2. The van der Waals surface area contributed by atoms with Crippen molar-refractivity contribution in [2.75, 3.05) is 6.54 Å². The summed E-state index contributed by atoms with van der Waals surface area (Å²) < 4.78 is 0. The second-order valence-electron chi connectivity index (χ2n) is 2.51. The van der Waals surface area contributed by atoms with Crippen LogP contribution in [-0.4, -0.2) is 23.8 Å². The molecular formula is C7H16N2O2. The van der Waals surface area contributed by atoms with Crippen LogP contribution < -0.4 is 11.1 Å². The zero-order chi connectivity index (χ0) is 8.69. The minimum atomic E-state index is -0.595. The largest absolute Gasteiger partial charge is 0.379 e. The van der Waals surface area contributed by atoms with Gasteiger partial charge < -0.3 is 10.8 Å². The predicted molar refractivity (Wildman–Crippen MR) is 42.7 cm³/mol. The SMILES string of the molecule is CCCCC(O)NCC(N)=O. The molecule has 0 radical (unpaired) electrons. The van der Waals surface area contributed by atoms with E-state index in [-0.39, 0.29) is 6.54 Å². The van der Waals surface area contributed by atoms with Crippen LogP contribution in [0.15, 0.2) is 0 Å². The second kappa shape index (κ2) is 6.12. The van der Waals surface area contributed by atoms with Crippen molar-refractivity contribution in [3.63, 3.8) is 0 Å². The van der Waals surface area contributed by atoms with Gasteiger partial charge in [0.05, 0.1) is 6.54 Å². The topological polar surface area (TPSA) is 75.3 Å². The van der Waals surface area contributed by atoms with E-state index in [1.165, 1.54) is 0 Å². The third-order valence-corrected chi connectivity index (χ3v) is 1.34. The third-order valence-electron chi connectivity index (χ3n) is 1.34. The molecule has 0 rings (SSSR count). The molecule has 0 saturated heterocycles. The van der Waals surface area contributed by atoms with Gasteiger partial charge in [0.1, 0.15) is 6.23 Å². The molecule has 4 N–H and O–H groups in total. The first kappa shape index (κ1) is 10.4. The molecular weight excluding hydrogens is 144 g/mol. The number of carbonyl (C=O) groups excluding carboxylic acids is 1. The van der Waals surface area contributed by atoms with Crippen molar-refractivity contribution in [3.05, 3.63) is 0 Å². The van der Waals surface area contributed by atoms with Crippen LogP contribution in [0.2, 0.25) is 0 Å². The number of hydrogen-bond acceptors (Lipinski definition) is 3. The minimum Gasteiger partial charge on any atom is -0.379 e. The van der Waals surface area contributed by atoms with Crippen LogP contribution in [0.1, 0.15) is 26.2 Å². The van der Waals surface area contributed by atoms with Crippen LogP contribution in [0, 0.1) is 0 Å². The molecule has 0 aromatic heterocycles. The van der Waals surface area contributed by atoms with Crippen molar-refractivity contribution >= 4 is 5.91 Å². The van der Waals surface area contributed by atoms with Gasteiger partial charge in [-0.15, -0.1) is 0 Å². The lowest BCUT2D eigenvalue weighted by Crippen LogP contribution is -2.36. The molecule has 0 aliphatic carbocycles. The van der Waals surface area contributed by atoms with Crippen LogP contribution in [0.3, 0.4) is 0 Å². The van der Waals surface area contributed by atoms with E-state index in [0.717, 1.165) is 12.8 Å². The Hall–Kier alpha value is -0.610. The van der Waals surface area contributed by atoms with E-state index >= 15 is 0 Å². The highest BCUT2D eigenvalue weighted by Gasteiger charge is 2.02. The molecule has 0 heterocycles. The zero-order valence-electron chi connectivity index (χ0n) is 6.84. The number of unbranched alkanes of at least 4 members (excludes halogenated alkanes) is 1. The first-order valence-electron chi connectivity index (χ1n) is 3.86. The number of nitrogens with one attached hydrogen (secondary N) is 1. The van der Waals surface area contributed by atoms with E-state index < -0.39 is 12.1 Å². The standard InChI is InChI=1S/C7H16N2O2/c1-2-3-4-7(11)9-5-6(8)10/h7,9,11H,2-5H2,1H3,(H2,8,10). The first-order valence-corrected chi connectivity index (χ1v) is 3.86. The summed E-state index contributed by atoms with van der Waals surface area (Å²) in [7, 11) is 0. The Morgan fingerprint density at radius 2 is 2.36 bits per heavy atom. The van der Waals surface area contributed by atoms with Gasteiger partial charge in [0.15, 0.2) is 0 Å². The number of aliphatic hydroxyl groups is 1. The van der Waals surface area contributed by atoms with Crippen LogP contribution in [0.5, 0.6) is 0 Å². The van der Waals surface area contributed by atoms with Gasteiger partial charge in [-0.25, -0.2) is 0 Å². The number of primary amides is 1. The Balaban J connectivity index is 3.22. The Morgan fingerprint density at radius 3 is 2.82 bits per heavy atom. The van der Waals surface area contributed by atoms with E-state index in [1.807, 2.05) is 6.92 Å². The fourth-order valence-electron chi connectivity index (χ4n) is 0.718. The van der Waals surface area contributed by atoms with Crippen molar-refractivity contribution < 1.29 is 9.90 Å². The molecule has 1 amide bonds. The number of carbonyl (C=O) groups is 1. The fraction of sp³-hybridized carbons (Fsp3) is 0.857. The second-order valence-corrected chi connectivity index (χ2v) is 2.51. The minimum absolute atomic E-state index is 0.0465. The highest BCUT2D eigenvalue weighted by atomic mass is 16.3. The lowest BCUT2D eigenvalue weighted by molar-refractivity contribution is -0.117. The van der Waals surface area contributed by atoms with Crippen LogP contribution in [0.4, 0.5) is 0 Å². The molecule has 0 aromatic rings. The van der Waals surface area contributed by atoms with Gasteiger partial charge >= 0.3 is 0 Å². The van der Waals surface area contributed by atoms with Crippen molar-refractivity contribution in [2.24, 2.45) is 5.73 Å². The smallest absolute Gasteiger partial charge is 0.231 e. The Kier molecular flexibility index (Phi) is 5.78. The molecule has 0 aliphatic heterocycles. The molecule has 11 heavy (non-hydrogen) atoms. The molecule has 0 spiro atoms. The van der Waals surface area contributed by atoms with Gasteiger partial charge in [0, 0.05) is 0 Å². The molecule has 4 nitrogen and oxygen atoms in total. The molecule has 1 atom stereocenters. The molecule has 0 bridgehead atoms. The van der Waals surface area contributed by atoms with Gasteiger partial charge in [-0.2, -0.15) is 0 Å². The molecule has 0 aliphatic rings. The highest BCUT2D eigenvalue weighted by molar-refractivity contribution is 5.75. The number of aliphatic hydroxyl groups excluding tert-OH is 1. The molecule has 0 aromatic carbocycles. The summed E-state index contributed by atoms with van der Waals surface area (Å²) in [6, 6.07) is 0. The predicted octanol–water partition coefficient (Wildman–Crippen LogP) is -0.430. The summed E-state index contributed by atoms with van der Waals surface area (Å²) in [5.74, 6) is -0.444. The van der Waals surface area contributed by atoms with Gasteiger partial charge in [-0.3, -0.25) is 10.1 Å².